The molecule has 0 fully saturated rings. The van der Waals surface area contributed by atoms with Crippen LogP contribution in [-0.2, 0) is 12.8 Å². The standard InChI is InChI=1S/C15H14Br2N2O2/c1-8-2-5-12-10(6-8)14(15(20)21)18-19(12)13-7-9(16)3-4-11(13)17/h3-4,7-8H,2,5-6H2,1H3,(H,20,21). The Morgan fingerprint density at radius 3 is 2.90 bits per heavy atom. The van der Waals surface area contributed by atoms with Gasteiger partial charge in [-0.1, -0.05) is 22.9 Å². The van der Waals surface area contributed by atoms with Gasteiger partial charge in [-0.05, 0) is 59.3 Å². The van der Waals surface area contributed by atoms with Crippen molar-refractivity contribution in [2.75, 3.05) is 0 Å². The summed E-state index contributed by atoms with van der Waals surface area (Å²) >= 11 is 6.98. The van der Waals surface area contributed by atoms with E-state index in [4.69, 9.17) is 0 Å². The lowest BCUT2D eigenvalue weighted by Gasteiger charge is -2.20. The summed E-state index contributed by atoms with van der Waals surface area (Å²) in [4.78, 5) is 11.5. The zero-order chi connectivity index (χ0) is 15.1. The van der Waals surface area contributed by atoms with E-state index in [1.165, 1.54) is 0 Å². The minimum atomic E-state index is -0.954. The monoisotopic (exact) mass is 412 g/mol. The fourth-order valence-electron chi connectivity index (χ4n) is 2.81. The summed E-state index contributed by atoms with van der Waals surface area (Å²) in [7, 11) is 0. The molecule has 0 radical (unpaired) electrons. The minimum Gasteiger partial charge on any atom is -0.476 e. The van der Waals surface area contributed by atoms with Gasteiger partial charge in [0.05, 0.1) is 5.69 Å². The van der Waals surface area contributed by atoms with Crippen LogP contribution in [0.3, 0.4) is 0 Å². The third-order valence-electron chi connectivity index (χ3n) is 3.86. The van der Waals surface area contributed by atoms with Crippen molar-refractivity contribution in [1.82, 2.24) is 9.78 Å². The number of carboxylic acid groups (broad SMARTS) is 1. The molecule has 0 aliphatic heterocycles. The molecule has 0 saturated heterocycles. The van der Waals surface area contributed by atoms with Crippen LogP contribution >= 0.6 is 31.9 Å². The molecule has 1 heterocycles. The predicted molar refractivity (Wildman–Crippen MR) is 87.1 cm³/mol. The molecule has 1 unspecified atom stereocenters. The number of nitrogens with zero attached hydrogens (tertiary/aromatic N) is 2. The molecule has 3 rings (SSSR count). The number of aromatic carboxylic acids is 1. The van der Waals surface area contributed by atoms with Crippen molar-refractivity contribution in [2.24, 2.45) is 5.92 Å². The first-order valence-corrected chi connectivity index (χ1v) is 8.35. The second kappa shape index (κ2) is 5.57. The molecule has 0 amide bonds. The molecule has 1 N–H and O–H groups in total. The van der Waals surface area contributed by atoms with Gasteiger partial charge in [0.1, 0.15) is 0 Å². The smallest absolute Gasteiger partial charge is 0.356 e. The van der Waals surface area contributed by atoms with E-state index in [0.29, 0.717) is 5.92 Å². The topological polar surface area (TPSA) is 55.1 Å². The van der Waals surface area contributed by atoms with Gasteiger partial charge in [-0.15, -0.1) is 0 Å². The van der Waals surface area contributed by atoms with Crippen molar-refractivity contribution in [2.45, 2.75) is 26.2 Å². The molecule has 6 heteroatoms. The van der Waals surface area contributed by atoms with Crippen LogP contribution in [0.5, 0.6) is 0 Å². The van der Waals surface area contributed by atoms with Gasteiger partial charge in [0, 0.05) is 20.2 Å². The SMILES string of the molecule is CC1CCc2c(c(C(=O)O)nn2-c2cc(Br)ccc2Br)C1. The molecule has 1 aromatic carbocycles. The third kappa shape index (κ3) is 2.66. The molecule has 0 saturated carbocycles. The number of carboxylic acids is 1. The Balaban J connectivity index is 2.22. The summed E-state index contributed by atoms with van der Waals surface area (Å²) in [5.74, 6) is -0.454. The summed E-state index contributed by atoms with van der Waals surface area (Å²) in [5.41, 5.74) is 2.95. The lowest BCUT2D eigenvalue weighted by molar-refractivity contribution is 0.0688. The highest BCUT2D eigenvalue weighted by Crippen LogP contribution is 2.33. The highest BCUT2D eigenvalue weighted by Gasteiger charge is 2.28. The first-order chi connectivity index (χ1) is 9.97. The van der Waals surface area contributed by atoms with Crippen LogP contribution in [0, 0.1) is 5.92 Å². The molecule has 21 heavy (non-hydrogen) atoms. The number of halogens is 2. The Labute approximate surface area is 139 Å². The van der Waals surface area contributed by atoms with Crippen LogP contribution in [0.15, 0.2) is 27.1 Å². The molecule has 1 aliphatic carbocycles. The summed E-state index contributed by atoms with van der Waals surface area (Å²) in [5, 5.41) is 13.8. The Bertz CT molecular complexity index is 725. The zero-order valence-electron chi connectivity index (χ0n) is 11.4. The van der Waals surface area contributed by atoms with E-state index in [0.717, 1.165) is 45.2 Å². The highest BCUT2D eigenvalue weighted by atomic mass is 79.9. The van der Waals surface area contributed by atoms with Crippen LogP contribution < -0.4 is 0 Å². The van der Waals surface area contributed by atoms with Crippen LogP contribution in [-0.4, -0.2) is 20.9 Å². The van der Waals surface area contributed by atoms with E-state index in [2.05, 4.69) is 43.9 Å². The number of hydrogen-bond acceptors (Lipinski definition) is 2. The molecular weight excluding hydrogens is 400 g/mol. The average Bonchev–Trinajstić information content (AvgIpc) is 2.80. The second-order valence-electron chi connectivity index (χ2n) is 5.43. The van der Waals surface area contributed by atoms with Crippen molar-refractivity contribution in [3.63, 3.8) is 0 Å². The van der Waals surface area contributed by atoms with E-state index < -0.39 is 5.97 Å². The number of rotatable bonds is 2. The van der Waals surface area contributed by atoms with Gasteiger partial charge in [0.2, 0.25) is 0 Å². The van der Waals surface area contributed by atoms with Gasteiger partial charge in [-0.2, -0.15) is 5.10 Å². The van der Waals surface area contributed by atoms with E-state index >= 15 is 0 Å². The number of hydrogen-bond donors (Lipinski definition) is 1. The number of fused-ring (bicyclic) bond motifs is 1. The van der Waals surface area contributed by atoms with Crippen LogP contribution in [0.1, 0.15) is 35.1 Å². The maximum absolute atomic E-state index is 11.5. The van der Waals surface area contributed by atoms with Gasteiger partial charge in [0.15, 0.2) is 5.69 Å². The largest absolute Gasteiger partial charge is 0.476 e. The lowest BCUT2D eigenvalue weighted by Crippen LogP contribution is -2.14. The number of carbonyl (C=O) groups is 1. The maximum atomic E-state index is 11.5. The van der Waals surface area contributed by atoms with Crippen molar-refractivity contribution in [1.29, 1.82) is 0 Å². The van der Waals surface area contributed by atoms with Gasteiger partial charge in [0.25, 0.3) is 0 Å². The molecular formula is C15H14Br2N2O2. The third-order valence-corrected chi connectivity index (χ3v) is 5.02. The van der Waals surface area contributed by atoms with Crippen LogP contribution in [0.2, 0.25) is 0 Å². The second-order valence-corrected chi connectivity index (χ2v) is 7.20. The van der Waals surface area contributed by atoms with E-state index in [1.807, 2.05) is 18.2 Å². The first kappa shape index (κ1) is 14.8. The summed E-state index contributed by atoms with van der Waals surface area (Å²) in [6, 6.07) is 5.81. The Hall–Kier alpha value is -1.14. The van der Waals surface area contributed by atoms with Gasteiger partial charge in [-0.3, -0.25) is 0 Å². The Morgan fingerprint density at radius 1 is 1.43 bits per heavy atom. The minimum absolute atomic E-state index is 0.184. The van der Waals surface area contributed by atoms with Crippen LogP contribution in [0.25, 0.3) is 5.69 Å². The Kier molecular flexibility index (Phi) is 3.92. The van der Waals surface area contributed by atoms with Gasteiger partial charge >= 0.3 is 5.97 Å². The predicted octanol–water partition coefficient (Wildman–Crippen LogP) is 4.22. The van der Waals surface area contributed by atoms with E-state index in [-0.39, 0.29) is 5.69 Å². The van der Waals surface area contributed by atoms with E-state index in [1.54, 1.807) is 4.68 Å². The van der Waals surface area contributed by atoms with Crippen molar-refractivity contribution in [3.8, 4) is 5.69 Å². The molecule has 0 bridgehead atoms. The molecule has 4 nitrogen and oxygen atoms in total. The summed E-state index contributed by atoms with van der Waals surface area (Å²) in [6.45, 7) is 2.15. The zero-order valence-corrected chi connectivity index (χ0v) is 14.6. The van der Waals surface area contributed by atoms with Crippen LogP contribution in [0.4, 0.5) is 0 Å². The molecule has 0 spiro atoms. The quantitative estimate of drug-likeness (QED) is 0.801. The van der Waals surface area contributed by atoms with Crippen molar-refractivity contribution >= 4 is 37.8 Å². The lowest BCUT2D eigenvalue weighted by atomic mass is 9.87. The summed E-state index contributed by atoms with van der Waals surface area (Å²) < 4.78 is 3.61. The van der Waals surface area contributed by atoms with E-state index in [9.17, 15) is 9.90 Å². The van der Waals surface area contributed by atoms with Gasteiger partial charge < -0.3 is 5.11 Å². The number of benzene rings is 1. The molecule has 110 valence electrons. The van der Waals surface area contributed by atoms with Gasteiger partial charge in [-0.25, -0.2) is 9.48 Å². The number of aromatic nitrogens is 2. The molecule has 1 atom stereocenters. The fraction of sp³-hybridized carbons (Fsp3) is 0.333. The molecule has 2 aromatic rings. The molecule has 1 aliphatic rings. The highest BCUT2D eigenvalue weighted by molar-refractivity contribution is 9.11. The maximum Gasteiger partial charge on any atom is 0.356 e. The first-order valence-electron chi connectivity index (χ1n) is 6.77. The van der Waals surface area contributed by atoms with Crippen molar-refractivity contribution in [3.05, 3.63) is 44.1 Å². The summed E-state index contributed by atoms with van der Waals surface area (Å²) in [6.07, 6.45) is 2.70. The normalized spacial score (nSPS) is 17.6. The fourth-order valence-corrected chi connectivity index (χ4v) is 3.57. The Morgan fingerprint density at radius 2 is 2.19 bits per heavy atom. The van der Waals surface area contributed by atoms with Crippen molar-refractivity contribution < 1.29 is 9.90 Å². The average molecular weight is 414 g/mol. The molecule has 1 aromatic heterocycles.